The minimum atomic E-state index is -0.565. The van der Waals surface area contributed by atoms with Gasteiger partial charge in [0.2, 0.25) is 0 Å². The van der Waals surface area contributed by atoms with Gasteiger partial charge in [-0.3, -0.25) is 0 Å². The van der Waals surface area contributed by atoms with Crippen molar-refractivity contribution in [3.8, 4) is 0 Å². The third-order valence-electron chi connectivity index (χ3n) is 2.61. The topological polar surface area (TPSA) is 70.1 Å². The summed E-state index contributed by atoms with van der Waals surface area (Å²) in [6.45, 7) is 5.33. The van der Waals surface area contributed by atoms with Gasteiger partial charge in [0.1, 0.15) is 0 Å². The molecule has 3 heteroatoms. The fraction of sp³-hybridized carbons (Fsp3) is 0.417. The lowest BCUT2D eigenvalue weighted by molar-refractivity contribution is 0.185. The summed E-state index contributed by atoms with van der Waals surface area (Å²) in [5.41, 5.74) is 8.89. The van der Waals surface area contributed by atoms with Gasteiger partial charge in [0, 0.05) is 17.3 Å². The Hall–Kier alpha value is -1.35. The van der Waals surface area contributed by atoms with Crippen molar-refractivity contribution in [3.05, 3.63) is 29.3 Å². The molecule has 0 amide bonds. The van der Waals surface area contributed by atoms with Crippen LogP contribution in [-0.2, 0) is 0 Å². The van der Waals surface area contributed by atoms with Crippen LogP contribution < -0.4 is 5.73 Å². The number of benzene rings is 1. The molecule has 0 aliphatic heterocycles. The zero-order valence-electron chi connectivity index (χ0n) is 9.41. The summed E-state index contributed by atoms with van der Waals surface area (Å²) in [7, 11) is 0. The number of aryl methyl sites for hydroxylation is 1. The highest BCUT2D eigenvalue weighted by atomic mass is 16.3. The van der Waals surface area contributed by atoms with Crippen molar-refractivity contribution in [3.63, 3.8) is 0 Å². The van der Waals surface area contributed by atoms with Gasteiger partial charge in [-0.05, 0) is 38.0 Å². The van der Waals surface area contributed by atoms with Crippen molar-refractivity contribution in [1.29, 1.82) is 5.41 Å². The Labute approximate surface area is 90.4 Å². The molecule has 0 saturated carbocycles. The molecule has 2 atom stereocenters. The minimum Gasteiger partial charge on any atom is -0.399 e. The molecular weight excluding hydrogens is 188 g/mol. The third kappa shape index (κ3) is 2.57. The van der Waals surface area contributed by atoms with Gasteiger partial charge in [0.15, 0.2) is 0 Å². The van der Waals surface area contributed by atoms with Crippen LogP contribution in [0.1, 0.15) is 30.9 Å². The number of anilines is 1. The zero-order chi connectivity index (χ0) is 11.6. The molecule has 0 bridgehead atoms. The van der Waals surface area contributed by atoms with E-state index in [0.717, 1.165) is 11.1 Å². The summed E-state index contributed by atoms with van der Waals surface area (Å²) in [4.78, 5) is 0. The first-order valence-electron chi connectivity index (χ1n) is 5.02. The molecule has 1 aromatic rings. The Kier molecular flexibility index (Phi) is 3.48. The first kappa shape index (κ1) is 11.7. The van der Waals surface area contributed by atoms with E-state index in [-0.39, 0.29) is 5.92 Å². The molecule has 0 aliphatic carbocycles. The summed E-state index contributed by atoms with van der Waals surface area (Å²) in [6.07, 6.45) is -0.565. The number of aliphatic hydroxyl groups excluding tert-OH is 1. The zero-order valence-corrected chi connectivity index (χ0v) is 9.41. The van der Waals surface area contributed by atoms with Crippen molar-refractivity contribution < 1.29 is 5.11 Å². The summed E-state index contributed by atoms with van der Waals surface area (Å²) in [5, 5.41) is 17.3. The molecule has 1 rings (SSSR count). The van der Waals surface area contributed by atoms with E-state index in [0.29, 0.717) is 11.4 Å². The smallest absolute Gasteiger partial charge is 0.0632 e. The average Bonchev–Trinajstić information content (AvgIpc) is 2.10. The number of nitrogen functional groups attached to an aromatic ring is 1. The summed E-state index contributed by atoms with van der Waals surface area (Å²) in [6, 6.07) is 5.68. The first-order valence-corrected chi connectivity index (χ1v) is 5.02. The van der Waals surface area contributed by atoms with Crippen LogP contribution in [0.2, 0.25) is 0 Å². The number of rotatable bonds is 3. The molecule has 15 heavy (non-hydrogen) atoms. The van der Waals surface area contributed by atoms with Crippen LogP contribution in [0.4, 0.5) is 5.69 Å². The van der Waals surface area contributed by atoms with Crippen LogP contribution in [0.25, 0.3) is 0 Å². The van der Waals surface area contributed by atoms with Crippen LogP contribution in [0.15, 0.2) is 18.2 Å². The summed E-state index contributed by atoms with van der Waals surface area (Å²) < 4.78 is 0. The molecule has 0 fully saturated rings. The maximum Gasteiger partial charge on any atom is 0.0632 e. The quantitative estimate of drug-likeness (QED) is 0.523. The lowest BCUT2D eigenvalue weighted by atomic mass is 9.89. The Morgan fingerprint density at radius 2 is 2.07 bits per heavy atom. The lowest BCUT2D eigenvalue weighted by Crippen LogP contribution is -2.21. The number of hydrogen-bond acceptors (Lipinski definition) is 3. The monoisotopic (exact) mass is 206 g/mol. The van der Waals surface area contributed by atoms with Gasteiger partial charge >= 0.3 is 0 Å². The molecular formula is C12H18N2O. The molecule has 82 valence electrons. The normalized spacial score (nSPS) is 14.7. The fourth-order valence-corrected chi connectivity index (χ4v) is 1.74. The standard InChI is InChI=1S/C12H18N2O/c1-7-4-5-10(6-11(7)14)12(8(2)13)9(3)15/h4-6,9,12-13,15H,14H2,1-3H3. The van der Waals surface area contributed by atoms with Crippen molar-refractivity contribution >= 4 is 11.4 Å². The molecule has 0 spiro atoms. The van der Waals surface area contributed by atoms with Crippen molar-refractivity contribution in [2.75, 3.05) is 5.73 Å². The lowest BCUT2D eigenvalue weighted by Gasteiger charge is -2.20. The Bertz CT molecular complexity index is 372. The molecule has 0 aliphatic rings. The number of hydrogen-bond donors (Lipinski definition) is 3. The molecule has 0 saturated heterocycles. The molecule has 0 aromatic heterocycles. The molecule has 2 unspecified atom stereocenters. The van der Waals surface area contributed by atoms with Crippen molar-refractivity contribution in [2.45, 2.75) is 32.8 Å². The number of aliphatic hydroxyl groups is 1. The highest BCUT2D eigenvalue weighted by Gasteiger charge is 2.19. The van der Waals surface area contributed by atoms with E-state index >= 15 is 0 Å². The highest BCUT2D eigenvalue weighted by molar-refractivity contribution is 5.86. The predicted molar refractivity (Wildman–Crippen MR) is 63.4 cm³/mol. The fourth-order valence-electron chi connectivity index (χ4n) is 1.74. The molecule has 3 nitrogen and oxygen atoms in total. The van der Waals surface area contributed by atoms with Gasteiger partial charge in [-0.1, -0.05) is 12.1 Å². The second kappa shape index (κ2) is 4.45. The van der Waals surface area contributed by atoms with Crippen LogP contribution in [-0.4, -0.2) is 16.9 Å². The van der Waals surface area contributed by atoms with Crippen LogP contribution in [0.5, 0.6) is 0 Å². The van der Waals surface area contributed by atoms with Gasteiger partial charge in [0.05, 0.1) is 6.10 Å². The van der Waals surface area contributed by atoms with E-state index in [1.807, 2.05) is 25.1 Å². The maximum absolute atomic E-state index is 9.61. The molecule has 1 aromatic carbocycles. The molecule has 0 radical (unpaired) electrons. The SMILES string of the molecule is CC(=N)C(c1ccc(C)c(N)c1)C(C)O. The van der Waals surface area contributed by atoms with E-state index in [1.165, 1.54) is 0 Å². The third-order valence-corrected chi connectivity index (χ3v) is 2.61. The predicted octanol–water partition coefficient (Wildman–Crippen LogP) is 2.08. The van der Waals surface area contributed by atoms with Gasteiger partial charge < -0.3 is 16.2 Å². The highest BCUT2D eigenvalue weighted by Crippen LogP contribution is 2.24. The van der Waals surface area contributed by atoms with Crippen molar-refractivity contribution in [1.82, 2.24) is 0 Å². The summed E-state index contributed by atoms with van der Waals surface area (Å²) in [5.74, 6) is -0.257. The first-order chi connectivity index (χ1) is 6.93. The maximum atomic E-state index is 9.61. The second-order valence-electron chi connectivity index (χ2n) is 4.02. The number of nitrogens with two attached hydrogens (primary N) is 1. The van der Waals surface area contributed by atoms with Gasteiger partial charge in [0.25, 0.3) is 0 Å². The van der Waals surface area contributed by atoms with E-state index in [1.54, 1.807) is 13.8 Å². The average molecular weight is 206 g/mol. The van der Waals surface area contributed by atoms with E-state index < -0.39 is 6.10 Å². The van der Waals surface area contributed by atoms with Gasteiger partial charge in [-0.25, -0.2) is 0 Å². The molecule has 4 N–H and O–H groups in total. The van der Waals surface area contributed by atoms with Crippen LogP contribution in [0.3, 0.4) is 0 Å². The van der Waals surface area contributed by atoms with E-state index in [4.69, 9.17) is 11.1 Å². The number of nitrogens with one attached hydrogen (secondary N) is 1. The van der Waals surface area contributed by atoms with E-state index in [9.17, 15) is 5.11 Å². The van der Waals surface area contributed by atoms with Crippen molar-refractivity contribution in [2.24, 2.45) is 0 Å². The molecule has 0 heterocycles. The summed E-state index contributed by atoms with van der Waals surface area (Å²) >= 11 is 0. The Balaban J connectivity index is 3.12. The Morgan fingerprint density at radius 3 is 2.47 bits per heavy atom. The van der Waals surface area contributed by atoms with E-state index in [2.05, 4.69) is 0 Å². The second-order valence-corrected chi connectivity index (χ2v) is 4.02. The largest absolute Gasteiger partial charge is 0.399 e. The van der Waals surface area contributed by atoms with Crippen LogP contribution in [0, 0.1) is 12.3 Å². The van der Waals surface area contributed by atoms with Crippen LogP contribution >= 0.6 is 0 Å². The Morgan fingerprint density at radius 1 is 1.47 bits per heavy atom. The van der Waals surface area contributed by atoms with Gasteiger partial charge in [-0.2, -0.15) is 0 Å². The van der Waals surface area contributed by atoms with Gasteiger partial charge in [-0.15, -0.1) is 0 Å². The minimum absolute atomic E-state index is 0.257.